The Bertz CT molecular complexity index is 1090. The predicted octanol–water partition coefficient (Wildman–Crippen LogP) is 1.35. The van der Waals surface area contributed by atoms with Gasteiger partial charge in [-0.25, -0.2) is 4.79 Å². The second kappa shape index (κ2) is 9.05. The molecule has 0 aliphatic carbocycles. The van der Waals surface area contributed by atoms with Crippen molar-refractivity contribution in [1.29, 1.82) is 0 Å². The van der Waals surface area contributed by atoms with E-state index in [1.165, 1.54) is 14.2 Å². The van der Waals surface area contributed by atoms with Crippen molar-refractivity contribution in [2.45, 2.75) is 5.66 Å². The number of piperazine rings is 1. The van der Waals surface area contributed by atoms with Crippen molar-refractivity contribution < 1.29 is 29.0 Å². The number of benzene rings is 2. The maximum Gasteiger partial charge on any atom is 0.352 e. The van der Waals surface area contributed by atoms with E-state index in [0.29, 0.717) is 43.2 Å². The number of esters is 1. The quantitative estimate of drug-likeness (QED) is 0.304. The summed E-state index contributed by atoms with van der Waals surface area (Å²) >= 11 is 0. The summed E-state index contributed by atoms with van der Waals surface area (Å²) in [7, 11) is 2.71. The number of carbonyl (C=O) groups is 3. The molecule has 9 heteroatoms. The van der Waals surface area contributed by atoms with Gasteiger partial charge in [-0.15, -0.1) is 0 Å². The summed E-state index contributed by atoms with van der Waals surface area (Å²) in [6.45, 7) is 1.73. The number of nitrogens with zero attached hydrogens (tertiary/aromatic N) is 2. The van der Waals surface area contributed by atoms with Crippen LogP contribution < -0.4 is 15.0 Å². The minimum Gasteiger partial charge on any atom is -0.507 e. The molecule has 2 aliphatic rings. The fraction of sp³-hybridized carbons (Fsp3) is 0.292. The van der Waals surface area contributed by atoms with Crippen LogP contribution in [0.4, 0.5) is 5.69 Å². The molecule has 172 valence electrons. The van der Waals surface area contributed by atoms with Crippen molar-refractivity contribution in [3.05, 3.63) is 65.7 Å². The van der Waals surface area contributed by atoms with Gasteiger partial charge >= 0.3 is 11.9 Å². The molecule has 0 radical (unpaired) electrons. The van der Waals surface area contributed by atoms with E-state index in [9.17, 15) is 19.5 Å². The molecule has 2 N–H and O–H groups in total. The van der Waals surface area contributed by atoms with Gasteiger partial charge in [0.2, 0.25) is 5.66 Å². The molecule has 33 heavy (non-hydrogen) atoms. The number of ether oxygens (including phenoxy) is 2. The summed E-state index contributed by atoms with van der Waals surface area (Å²) in [4.78, 5) is 43.3. The summed E-state index contributed by atoms with van der Waals surface area (Å²) in [6.07, 6.45) is 0. The van der Waals surface area contributed by atoms with Crippen molar-refractivity contribution in [3.63, 3.8) is 0 Å². The summed E-state index contributed by atoms with van der Waals surface area (Å²) < 4.78 is 10.4. The Morgan fingerprint density at radius 2 is 1.64 bits per heavy atom. The average Bonchev–Trinajstić information content (AvgIpc) is 3.11. The Morgan fingerprint density at radius 1 is 1.00 bits per heavy atom. The van der Waals surface area contributed by atoms with E-state index in [2.05, 4.69) is 5.32 Å². The average molecular weight is 451 g/mol. The van der Waals surface area contributed by atoms with Crippen LogP contribution in [0.1, 0.15) is 5.56 Å². The molecular weight excluding hydrogens is 426 g/mol. The minimum absolute atomic E-state index is 0.300. The molecule has 1 unspecified atom stereocenters. The number of carbonyl (C=O) groups excluding carboxylic acids is 3. The zero-order chi connectivity index (χ0) is 23.6. The molecule has 2 fully saturated rings. The maximum atomic E-state index is 13.6. The first-order valence-electron chi connectivity index (χ1n) is 10.5. The van der Waals surface area contributed by atoms with Gasteiger partial charge in [-0.05, 0) is 24.3 Å². The monoisotopic (exact) mass is 451 g/mol. The van der Waals surface area contributed by atoms with Crippen molar-refractivity contribution in [3.8, 4) is 5.75 Å². The van der Waals surface area contributed by atoms with Crippen LogP contribution in [0.25, 0.3) is 5.76 Å². The first-order chi connectivity index (χ1) is 16.0. The Labute approximate surface area is 191 Å². The zero-order valence-electron chi connectivity index (χ0n) is 18.4. The Morgan fingerprint density at radius 3 is 2.21 bits per heavy atom. The number of rotatable bonds is 5. The number of methoxy groups -OCH3 is 2. The Kier molecular flexibility index (Phi) is 6.17. The molecule has 1 amide bonds. The number of amides is 1. The van der Waals surface area contributed by atoms with Gasteiger partial charge in [0.25, 0.3) is 5.78 Å². The molecule has 9 nitrogen and oxygen atoms in total. The highest BCUT2D eigenvalue weighted by molar-refractivity contribution is 6.54. The molecular formula is C24H25N3O6. The number of ketones is 1. The number of hydrogen-bond acceptors (Lipinski definition) is 8. The number of Topliss-reactive ketones (excluding diaryl/α,β-unsaturated/α-hetero) is 1. The molecule has 2 aromatic rings. The van der Waals surface area contributed by atoms with Crippen LogP contribution in [0, 0.1) is 0 Å². The smallest absolute Gasteiger partial charge is 0.352 e. The van der Waals surface area contributed by atoms with Crippen LogP contribution in [0.5, 0.6) is 5.75 Å². The Balaban J connectivity index is 2.03. The third kappa shape index (κ3) is 3.55. The lowest BCUT2D eigenvalue weighted by Gasteiger charge is -2.45. The second-order valence-corrected chi connectivity index (χ2v) is 7.66. The third-order valence-electron chi connectivity index (χ3n) is 5.96. The topological polar surface area (TPSA) is 108 Å². The third-order valence-corrected chi connectivity index (χ3v) is 5.96. The van der Waals surface area contributed by atoms with Gasteiger partial charge < -0.3 is 19.9 Å². The lowest BCUT2D eigenvalue weighted by molar-refractivity contribution is -0.153. The van der Waals surface area contributed by atoms with Crippen LogP contribution >= 0.6 is 0 Å². The van der Waals surface area contributed by atoms with Crippen molar-refractivity contribution >= 4 is 29.1 Å². The van der Waals surface area contributed by atoms with E-state index in [-0.39, 0.29) is 5.57 Å². The summed E-state index contributed by atoms with van der Waals surface area (Å²) in [5.74, 6) is -2.62. The number of aliphatic hydroxyl groups excluding tert-OH is 1. The molecule has 2 heterocycles. The summed E-state index contributed by atoms with van der Waals surface area (Å²) in [5, 5.41) is 14.5. The number of hydrogen-bond donors (Lipinski definition) is 2. The maximum absolute atomic E-state index is 13.6. The molecule has 0 saturated carbocycles. The van der Waals surface area contributed by atoms with Gasteiger partial charge in [0.05, 0.1) is 14.2 Å². The molecule has 0 aromatic heterocycles. The van der Waals surface area contributed by atoms with Crippen LogP contribution in [0.3, 0.4) is 0 Å². The van der Waals surface area contributed by atoms with Crippen molar-refractivity contribution in [1.82, 2.24) is 10.2 Å². The molecule has 0 spiro atoms. The highest BCUT2D eigenvalue weighted by Crippen LogP contribution is 2.44. The van der Waals surface area contributed by atoms with E-state index < -0.39 is 29.1 Å². The van der Waals surface area contributed by atoms with Gasteiger partial charge in [0.1, 0.15) is 17.1 Å². The molecule has 2 aliphatic heterocycles. The Hall–Kier alpha value is -3.69. The normalized spacial score (nSPS) is 22.9. The number of aliphatic hydroxyl groups is 1. The SMILES string of the molecule is COC(=O)C1(N2CCNCC2)C(=C(O)c2ccccc2)C(=O)C(=O)N1c1ccc(OC)cc1. The largest absolute Gasteiger partial charge is 0.507 e. The highest BCUT2D eigenvalue weighted by Gasteiger charge is 2.66. The lowest BCUT2D eigenvalue weighted by Crippen LogP contribution is -2.68. The molecule has 0 bridgehead atoms. The summed E-state index contributed by atoms with van der Waals surface area (Å²) in [5.41, 5.74) is -1.68. The lowest BCUT2D eigenvalue weighted by atomic mass is 9.92. The zero-order valence-corrected chi connectivity index (χ0v) is 18.4. The van der Waals surface area contributed by atoms with Gasteiger partial charge in [0, 0.05) is 37.4 Å². The van der Waals surface area contributed by atoms with Crippen LogP contribution in [0.15, 0.2) is 60.2 Å². The van der Waals surface area contributed by atoms with E-state index >= 15 is 0 Å². The minimum atomic E-state index is -1.97. The second-order valence-electron chi connectivity index (χ2n) is 7.66. The molecule has 2 saturated heterocycles. The highest BCUT2D eigenvalue weighted by atomic mass is 16.5. The van der Waals surface area contributed by atoms with Gasteiger partial charge in [-0.2, -0.15) is 0 Å². The van der Waals surface area contributed by atoms with E-state index in [1.54, 1.807) is 59.5 Å². The first kappa shape index (κ1) is 22.5. The van der Waals surface area contributed by atoms with Gasteiger partial charge in [-0.3, -0.25) is 19.4 Å². The van der Waals surface area contributed by atoms with Crippen LogP contribution in [-0.2, 0) is 19.1 Å². The number of anilines is 1. The summed E-state index contributed by atoms with van der Waals surface area (Å²) in [6, 6.07) is 14.8. The van der Waals surface area contributed by atoms with E-state index in [4.69, 9.17) is 9.47 Å². The van der Waals surface area contributed by atoms with Crippen molar-refractivity contribution in [2.75, 3.05) is 45.3 Å². The van der Waals surface area contributed by atoms with E-state index in [0.717, 1.165) is 4.90 Å². The van der Waals surface area contributed by atoms with Gasteiger partial charge in [-0.1, -0.05) is 30.3 Å². The van der Waals surface area contributed by atoms with Crippen molar-refractivity contribution in [2.24, 2.45) is 0 Å². The molecule has 2 aromatic carbocycles. The predicted molar refractivity (Wildman–Crippen MR) is 121 cm³/mol. The van der Waals surface area contributed by atoms with Gasteiger partial charge in [0.15, 0.2) is 0 Å². The standard InChI is InChI=1S/C24H25N3O6/c1-32-18-10-8-17(9-11-18)27-22(30)21(29)19(20(28)16-6-4-3-5-7-16)24(27,23(31)33-2)26-14-12-25-13-15-26/h3-11,25,28H,12-15H2,1-2H3. The first-order valence-corrected chi connectivity index (χ1v) is 10.5. The van der Waals surface area contributed by atoms with Crippen LogP contribution in [0.2, 0.25) is 0 Å². The number of nitrogens with one attached hydrogen (secondary N) is 1. The molecule has 4 rings (SSSR count). The van der Waals surface area contributed by atoms with Crippen LogP contribution in [-0.4, -0.2) is 73.7 Å². The molecule has 1 atom stereocenters. The fourth-order valence-corrected chi connectivity index (χ4v) is 4.43. The fourth-order valence-electron chi connectivity index (χ4n) is 4.43. The van der Waals surface area contributed by atoms with E-state index in [1.807, 2.05) is 0 Å².